The van der Waals surface area contributed by atoms with Crippen molar-refractivity contribution in [3.8, 4) is 0 Å². The van der Waals surface area contributed by atoms with Crippen molar-refractivity contribution in [2.75, 3.05) is 13.1 Å². The van der Waals surface area contributed by atoms with Crippen molar-refractivity contribution in [2.24, 2.45) is 0 Å². The van der Waals surface area contributed by atoms with Crippen molar-refractivity contribution >= 4 is 17.0 Å². The van der Waals surface area contributed by atoms with E-state index in [2.05, 4.69) is 9.97 Å². The van der Waals surface area contributed by atoms with E-state index in [4.69, 9.17) is 4.42 Å². The summed E-state index contributed by atoms with van der Waals surface area (Å²) < 4.78 is 44.1. The summed E-state index contributed by atoms with van der Waals surface area (Å²) >= 11 is 0. The summed E-state index contributed by atoms with van der Waals surface area (Å²) in [5, 5.41) is 0. The average Bonchev–Trinajstić information content (AvgIpc) is 3.11. The molecular weight excluding hydrogens is 371 g/mol. The number of fused-ring (bicyclic) bond motifs is 1. The Morgan fingerprint density at radius 2 is 1.82 bits per heavy atom. The Hall–Kier alpha value is -2.90. The lowest BCUT2D eigenvalue weighted by molar-refractivity contribution is -0.141. The van der Waals surface area contributed by atoms with Crippen LogP contribution in [0.3, 0.4) is 0 Å². The average molecular weight is 389 g/mol. The number of pyridine rings is 1. The number of oxazole rings is 1. The second-order valence-corrected chi connectivity index (χ2v) is 6.91. The molecule has 28 heavy (non-hydrogen) atoms. The number of carbonyl (C=O) groups is 1. The number of hydrogen-bond donors (Lipinski definition) is 0. The smallest absolute Gasteiger partial charge is 0.433 e. The first-order valence-electron chi connectivity index (χ1n) is 9.02. The number of amides is 1. The van der Waals surface area contributed by atoms with Crippen molar-refractivity contribution < 1.29 is 22.4 Å². The predicted molar refractivity (Wildman–Crippen MR) is 95.9 cm³/mol. The number of halogens is 3. The summed E-state index contributed by atoms with van der Waals surface area (Å²) in [5.41, 5.74) is 0.843. The third-order valence-corrected chi connectivity index (χ3v) is 5.05. The number of carbonyl (C=O) groups excluding carboxylic acids is 1. The molecule has 1 saturated heterocycles. The Morgan fingerprint density at radius 1 is 1.11 bits per heavy atom. The molecule has 0 spiro atoms. The molecule has 1 aliphatic heterocycles. The fourth-order valence-corrected chi connectivity index (χ4v) is 3.51. The topological polar surface area (TPSA) is 59.2 Å². The molecular formula is C20H18F3N3O2. The number of aryl methyl sites for hydroxylation is 1. The SMILES string of the molecule is Cc1nc(C(F)(F)F)ccc1C(=O)N1CCC(c2nc3ccccc3o2)CC1. The summed E-state index contributed by atoms with van der Waals surface area (Å²) in [6.45, 7) is 2.40. The predicted octanol–water partition coefficient (Wildman–Crippen LogP) is 4.57. The summed E-state index contributed by atoms with van der Waals surface area (Å²) in [7, 11) is 0. The summed E-state index contributed by atoms with van der Waals surface area (Å²) in [4.78, 5) is 22.5. The van der Waals surface area contributed by atoms with Crippen LogP contribution in [0.1, 0.15) is 46.4 Å². The number of para-hydroxylation sites is 2. The van der Waals surface area contributed by atoms with Crippen LogP contribution in [-0.4, -0.2) is 33.9 Å². The summed E-state index contributed by atoms with van der Waals surface area (Å²) in [6, 6.07) is 9.60. The van der Waals surface area contributed by atoms with Gasteiger partial charge in [-0.2, -0.15) is 13.2 Å². The molecule has 0 radical (unpaired) electrons. The van der Waals surface area contributed by atoms with Crippen molar-refractivity contribution in [3.05, 3.63) is 59.2 Å². The maximum Gasteiger partial charge on any atom is 0.433 e. The minimum atomic E-state index is -4.52. The quantitative estimate of drug-likeness (QED) is 0.644. The molecule has 0 atom stereocenters. The lowest BCUT2D eigenvalue weighted by Gasteiger charge is -2.31. The number of benzene rings is 1. The van der Waals surface area contributed by atoms with Gasteiger partial charge in [-0.15, -0.1) is 0 Å². The minimum Gasteiger partial charge on any atom is -0.440 e. The zero-order valence-corrected chi connectivity index (χ0v) is 15.2. The molecule has 2 aromatic heterocycles. The fraction of sp³-hybridized carbons (Fsp3) is 0.350. The highest BCUT2D eigenvalue weighted by atomic mass is 19.4. The van der Waals surface area contributed by atoms with Crippen molar-refractivity contribution in [3.63, 3.8) is 0 Å². The number of rotatable bonds is 2. The van der Waals surface area contributed by atoms with Crippen molar-refractivity contribution in [2.45, 2.75) is 31.9 Å². The highest BCUT2D eigenvalue weighted by Gasteiger charge is 2.34. The van der Waals surface area contributed by atoms with E-state index in [1.165, 1.54) is 13.0 Å². The van der Waals surface area contributed by atoms with Gasteiger partial charge in [0.1, 0.15) is 11.2 Å². The molecule has 5 nitrogen and oxygen atoms in total. The van der Waals surface area contributed by atoms with Gasteiger partial charge in [0.25, 0.3) is 5.91 Å². The third kappa shape index (κ3) is 3.46. The second-order valence-electron chi connectivity index (χ2n) is 6.91. The van der Waals surface area contributed by atoms with Crippen molar-refractivity contribution in [1.82, 2.24) is 14.9 Å². The second kappa shape index (κ2) is 6.92. The molecule has 3 aromatic rings. The van der Waals surface area contributed by atoms with Crippen LogP contribution in [0.4, 0.5) is 13.2 Å². The van der Waals surface area contributed by atoms with Gasteiger partial charge in [-0.25, -0.2) is 9.97 Å². The van der Waals surface area contributed by atoms with Gasteiger partial charge in [-0.1, -0.05) is 12.1 Å². The molecule has 3 heterocycles. The number of alkyl halides is 3. The molecule has 0 aliphatic carbocycles. The Labute approximate surface area is 159 Å². The van der Waals surface area contributed by atoms with Crippen LogP contribution in [0, 0.1) is 6.92 Å². The highest BCUT2D eigenvalue weighted by Crippen LogP contribution is 2.31. The van der Waals surface area contributed by atoms with E-state index in [-0.39, 0.29) is 23.1 Å². The van der Waals surface area contributed by atoms with Crippen LogP contribution >= 0.6 is 0 Å². The van der Waals surface area contributed by atoms with Gasteiger partial charge in [0.2, 0.25) is 0 Å². The van der Waals surface area contributed by atoms with Gasteiger partial charge < -0.3 is 9.32 Å². The van der Waals surface area contributed by atoms with Crippen LogP contribution < -0.4 is 0 Å². The number of likely N-dealkylation sites (tertiary alicyclic amines) is 1. The molecule has 146 valence electrons. The van der Waals surface area contributed by atoms with E-state index in [1.54, 1.807) is 4.90 Å². The molecule has 4 rings (SSSR count). The normalized spacial score (nSPS) is 15.9. The van der Waals surface area contributed by atoms with Crippen LogP contribution in [0.25, 0.3) is 11.1 Å². The molecule has 0 N–H and O–H groups in total. The molecule has 1 amide bonds. The number of hydrogen-bond acceptors (Lipinski definition) is 4. The molecule has 1 aliphatic rings. The molecule has 0 saturated carbocycles. The first-order valence-corrected chi connectivity index (χ1v) is 9.02. The Bertz CT molecular complexity index is 988. The zero-order valence-electron chi connectivity index (χ0n) is 15.2. The zero-order chi connectivity index (χ0) is 19.9. The van der Waals surface area contributed by atoms with Gasteiger partial charge >= 0.3 is 6.18 Å². The monoisotopic (exact) mass is 389 g/mol. The van der Waals surface area contributed by atoms with Crippen LogP contribution in [0.2, 0.25) is 0 Å². The Kier molecular flexibility index (Phi) is 4.56. The minimum absolute atomic E-state index is 0.0842. The van der Waals surface area contributed by atoms with Gasteiger partial charge in [-0.3, -0.25) is 4.79 Å². The standard InChI is InChI=1S/C20H18F3N3O2/c1-12-14(6-7-17(24-12)20(21,22)23)19(27)26-10-8-13(9-11-26)18-25-15-4-2-3-5-16(15)28-18/h2-7,13H,8-11H2,1H3. The first kappa shape index (κ1) is 18.5. The van der Waals surface area contributed by atoms with Gasteiger partial charge in [-0.05, 0) is 44.0 Å². The van der Waals surface area contributed by atoms with E-state index >= 15 is 0 Å². The molecule has 0 unspecified atom stereocenters. The maximum absolute atomic E-state index is 12.8. The number of nitrogens with zero attached hydrogens (tertiary/aromatic N) is 3. The largest absolute Gasteiger partial charge is 0.440 e. The fourth-order valence-electron chi connectivity index (χ4n) is 3.51. The molecule has 1 fully saturated rings. The van der Waals surface area contributed by atoms with Crippen molar-refractivity contribution in [1.29, 1.82) is 0 Å². The number of piperidine rings is 1. The van der Waals surface area contributed by atoms with E-state index < -0.39 is 11.9 Å². The van der Waals surface area contributed by atoms with Crippen LogP contribution in [0.15, 0.2) is 40.8 Å². The van der Waals surface area contributed by atoms with E-state index in [9.17, 15) is 18.0 Å². The summed E-state index contributed by atoms with van der Waals surface area (Å²) in [6.07, 6.45) is -3.15. The number of aromatic nitrogens is 2. The lowest BCUT2D eigenvalue weighted by Crippen LogP contribution is -2.38. The molecule has 0 bridgehead atoms. The lowest BCUT2D eigenvalue weighted by atomic mass is 9.96. The van der Waals surface area contributed by atoms with Gasteiger partial charge in [0.15, 0.2) is 11.5 Å². The van der Waals surface area contributed by atoms with E-state index in [1.807, 2.05) is 24.3 Å². The maximum atomic E-state index is 12.8. The van der Waals surface area contributed by atoms with Gasteiger partial charge in [0, 0.05) is 19.0 Å². The van der Waals surface area contributed by atoms with Gasteiger partial charge in [0.05, 0.1) is 11.3 Å². The molecule has 8 heteroatoms. The van der Waals surface area contributed by atoms with Crippen LogP contribution in [0.5, 0.6) is 0 Å². The molecule has 1 aromatic carbocycles. The van der Waals surface area contributed by atoms with E-state index in [0.717, 1.165) is 17.2 Å². The summed E-state index contributed by atoms with van der Waals surface area (Å²) in [5.74, 6) is 0.485. The highest BCUT2D eigenvalue weighted by molar-refractivity contribution is 5.95. The van der Waals surface area contributed by atoms with Crippen LogP contribution in [-0.2, 0) is 6.18 Å². The van der Waals surface area contributed by atoms with E-state index in [0.29, 0.717) is 31.8 Å². The Balaban J connectivity index is 1.45. The Morgan fingerprint density at radius 3 is 2.46 bits per heavy atom. The third-order valence-electron chi connectivity index (χ3n) is 5.05. The first-order chi connectivity index (χ1) is 13.3.